The van der Waals surface area contributed by atoms with Crippen molar-refractivity contribution in [1.82, 2.24) is 9.55 Å². The van der Waals surface area contributed by atoms with Crippen LogP contribution < -0.4 is 0 Å². The van der Waals surface area contributed by atoms with E-state index in [0.717, 1.165) is 34.7 Å². The van der Waals surface area contributed by atoms with Crippen LogP contribution in [0, 0.1) is 11.3 Å². The summed E-state index contributed by atoms with van der Waals surface area (Å²) in [6.07, 6.45) is 1.06. The third-order valence-corrected chi connectivity index (χ3v) is 5.67. The smallest absolute Gasteiger partial charge is 0.338 e. The van der Waals surface area contributed by atoms with Crippen LogP contribution in [0.15, 0.2) is 47.6 Å². The molecule has 0 saturated carbocycles. The van der Waals surface area contributed by atoms with Crippen LogP contribution in [0.25, 0.3) is 11.0 Å². The number of fused-ring (bicyclic) bond motifs is 1. The Morgan fingerprint density at radius 1 is 1.26 bits per heavy atom. The Kier molecular flexibility index (Phi) is 8.10. The molecule has 0 amide bonds. The average molecular weight is 438 g/mol. The molecule has 3 aromatic rings. The first-order chi connectivity index (χ1) is 15.0. The molecule has 0 atom stereocenters. The van der Waals surface area contributed by atoms with Gasteiger partial charge in [-0.05, 0) is 63.1 Å². The summed E-state index contributed by atoms with van der Waals surface area (Å²) in [7, 11) is 0. The lowest BCUT2D eigenvalue weighted by Gasteiger charge is -2.11. The molecular weight excluding hydrogens is 410 g/mol. The van der Waals surface area contributed by atoms with E-state index in [1.54, 1.807) is 36.9 Å². The summed E-state index contributed by atoms with van der Waals surface area (Å²) in [6.45, 7) is 7.62. The Morgan fingerprint density at radius 3 is 2.84 bits per heavy atom. The Hall–Kier alpha value is -2.82. The molecule has 0 aliphatic rings. The number of nitriles is 1. The van der Waals surface area contributed by atoms with Crippen LogP contribution in [0.3, 0.4) is 0 Å². The van der Waals surface area contributed by atoms with Crippen molar-refractivity contribution in [2.45, 2.75) is 50.8 Å². The maximum atomic E-state index is 12.1. The van der Waals surface area contributed by atoms with E-state index in [1.165, 1.54) is 0 Å². The summed E-state index contributed by atoms with van der Waals surface area (Å²) in [6, 6.07) is 15.3. The number of benzene rings is 2. The van der Waals surface area contributed by atoms with E-state index in [1.807, 2.05) is 38.1 Å². The number of hydrogen-bond acceptors (Lipinski definition) is 6. The predicted molar refractivity (Wildman–Crippen MR) is 122 cm³/mol. The van der Waals surface area contributed by atoms with E-state index in [-0.39, 0.29) is 12.1 Å². The fourth-order valence-corrected chi connectivity index (χ4v) is 4.18. The molecule has 0 spiro atoms. The second-order valence-corrected chi connectivity index (χ2v) is 8.29. The van der Waals surface area contributed by atoms with Gasteiger partial charge in [-0.3, -0.25) is 0 Å². The van der Waals surface area contributed by atoms with Crippen molar-refractivity contribution >= 4 is 28.8 Å². The van der Waals surface area contributed by atoms with Crippen LogP contribution in [-0.4, -0.2) is 34.8 Å². The molecule has 2 aromatic carbocycles. The molecule has 0 bridgehead atoms. The summed E-state index contributed by atoms with van der Waals surface area (Å²) < 4.78 is 13.0. The number of carbonyl (C=O) groups excluding carboxylic acids is 1. The second kappa shape index (κ2) is 11.0. The van der Waals surface area contributed by atoms with E-state index < -0.39 is 0 Å². The summed E-state index contributed by atoms with van der Waals surface area (Å²) in [5.74, 6) is 0.360. The first kappa shape index (κ1) is 22.9. The lowest BCUT2D eigenvalue weighted by atomic mass is 10.2. The Morgan fingerprint density at radius 2 is 2.10 bits per heavy atom. The molecular formula is C24H27N3O3S. The molecule has 0 N–H and O–H groups in total. The molecule has 3 rings (SSSR count). The van der Waals surface area contributed by atoms with Gasteiger partial charge in [-0.1, -0.05) is 23.9 Å². The minimum Gasteiger partial charge on any atom is -0.462 e. The molecule has 0 aliphatic heterocycles. The number of carbonyl (C=O) groups is 1. The van der Waals surface area contributed by atoms with Crippen molar-refractivity contribution in [2.75, 3.05) is 13.2 Å². The topological polar surface area (TPSA) is 77.1 Å². The SMILES string of the molecule is CCOC(=O)c1ccc2c(c1)nc(SCc1cccc(C#N)c1)n2CCCOC(C)C. The number of aryl methyl sites for hydroxylation is 1. The van der Waals surface area contributed by atoms with E-state index in [4.69, 9.17) is 19.7 Å². The standard InChI is InChI=1S/C24H27N3O3S/c1-4-29-23(28)20-9-10-22-21(14-20)26-24(27(22)11-6-12-30-17(2)3)31-16-19-8-5-7-18(13-19)15-25/h5,7-10,13-14,17H,4,6,11-12,16H2,1-3H3. The van der Waals surface area contributed by atoms with Gasteiger partial charge in [0.2, 0.25) is 0 Å². The van der Waals surface area contributed by atoms with Crippen LogP contribution in [0.1, 0.15) is 48.7 Å². The fourth-order valence-electron chi connectivity index (χ4n) is 3.20. The fraction of sp³-hybridized carbons (Fsp3) is 0.375. The number of aromatic nitrogens is 2. The van der Waals surface area contributed by atoms with E-state index >= 15 is 0 Å². The van der Waals surface area contributed by atoms with Gasteiger partial charge in [-0.15, -0.1) is 0 Å². The van der Waals surface area contributed by atoms with Gasteiger partial charge in [0.1, 0.15) is 0 Å². The lowest BCUT2D eigenvalue weighted by molar-refractivity contribution is 0.0526. The molecule has 162 valence electrons. The molecule has 31 heavy (non-hydrogen) atoms. The number of hydrogen-bond donors (Lipinski definition) is 0. The minimum atomic E-state index is -0.341. The maximum Gasteiger partial charge on any atom is 0.338 e. The normalized spacial score (nSPS) is 11.1. The van der Waals surface area contributed by atoms with Crippen molar-refractivity contribution in [3.05, 3.63) is 59.2 Å². The third kappa shape index (κ3) is 6.09. The van der Waals surface area contributed by atoms with Gasteiger partial charge in [-0.25, -0.2) is 9.78 Å². The zero-order valence-corrected chi connectivity index (χ0v) is 18.9. The number of imidazole rings is 1. The highest BCUT2D eigenvalue weighted by atomic mass is 32.2. The van der Waals surface area contributed by atoms with Crippen LogP contribution in [0.2, 0.25) is 0 Å². The van der Waals surface area contributed by atoms with Crippen LogP contribution in [-0.2, 0) is 21.8 Å². The van der Waals surface area contributed by atoms with Gasteiger partial charge >= 0.3 is 5.97 Å². The van der Waals surface area contributed by atoms with Crippen molar-refractivity contribution in [3.8, 4) is 6.07 Å². The van der Waals surface area contributed by atoms with Crippen LogP contribution in [0.5, 0.6) is 0 Å². The van der Waals surface area contributed by atoms with Gasteiger partial charge in [-0.2, -0.15) is 5.26 Å². The first-order valence-electron chi connectivity index (χ1n) is 10.4. The van der Waals surface area contributed by atoms with Crippen LogP contribution in [0.4, 0.5) is 0 Å². The van der Waals surface area contributed by atoms with Gasteiger partial charge < -0.3 is 14.0 Å². The first-order valence-corrected chi connectivity index (χ1v) is 11.4. The minimum absolute atomic E-state index is 0.202. The second-order valence-electron chi connectivity index (χ2n) is 7.34. The number of esters is 1. The van der Waals surface area contributed by atoms with Gasteiger partial charge in [0.05, 0.1) is 40.9 Å². The van der Waals surface area contributed by atoms with Crippen molar-refractivity contribution < 1.29 is 14.3 Å². The van der Waals surface area contributed by atoms with E-state index in [0.29, 0.717) is 30.1 Å². The van der Waals surface area contributed by atoms with Gasteiger partial charge in [0, 0.05) is 18.9 Å². The van der Waals surface area contributed by atoms with Crippen LogP contribution >= 0.6 is 11.8 Å². The zero-order valence-electron chi connectivity index (χ0n) is 18.1. The number of nitrogens with zero attached hydrogens (tertiary/aromatic N) is 3. The quantitative estimate of drug-likeness (QED) is 0.247. The number of rotatable bonds is 10. The highest BCUT2D eigenvalue weighted by Gasteiger charge is 2.15. The summed E-state index contributed by atoms with van der Waals surface area (Å²) >= 11 is 1.62. The summed E-state index contributed by atoms with van der Waals surface area (Å²) in [5, 5.41) is 10.0. The highest BCUT2D eigenvalue weighted by Crippen LogP contribution is 2.28. The molecule has 7 heteroatoms. The van der Waals surface area contributed by atoms with Crippen molar-refractivity contribution in [2.24, 2.45) is 0 Å². The molecule has 6 nitrogen and oxygen atoms in total. The number of ether oxygens (including phenoxy) is 2. The largest absolute Gasteiger partial charge is 0.462 e. The summed E-state index contributed by atoms with van der Waals surface area (Å²) in [4.78, 5) is 16.9. The molecule has 1 aromatic heterocycles. The Labute approximate surface area is 187 Å². The van der Waals surface area contributed by atoms with Crippen molar-refractivity contribution in [3.63, 3.8) is 0 Å². The molecule has 0 fully saturated rings. The monoisotopic (exact) mass is 437 g/mol. The van der Waals surface area contributed by atoms with E-state index in [2.05, 4.69) is 10.6 Å². The predicted octanol–water partition coefficient (Wildman–Crippen LogP) is 5.19. The molecule has 1 heterocycles. The lowest BCUT2D eigenvalue weighted by Crippen LogP contribution is -2.08. The molecule has 0 saturated heterocycles. The average Bonchev–Trinajstić information content (AvgIpc) is 3.12. The van der Waals surface area contributed by atoms with Gasteiger partial charge in [0.15, 0.2) is 5.16 Å². The maximum absolute atomic E-state index is 12.1. The molecule has 0 aliphatic carbocycles. The van der Waals surface area contributed by atoms with Crippen molar-refractivity contribution in [1.29, 1.82) is 5.26 Å². The van der Waals surface area contributed by atoms with E-state index in [9.17, 15) is 4.79 Å². The zero-order chi connectivity index (χ0) is 22.2. The third-order valence-electron chi connectivity index (χ3n) is 4.63. The summed E-state index contributed by atoms with van der Waals surface area (Å²) in [5.41, 5.74) is 3.96. The van der Waals surface area contributed by atoms with Gasteiger partial charge in [0.25, 0.3) is 0 Å². The molecule has 0 radical (unpaired) electrons. The Balaban J connectivity index is 1.85. The molecule has 0 unspecified atom stereocenters. The highest BCUT2D eigenvalue weighted by molar-refractivity contribution is 7.98. The Bertz CT molecular complexity index is 1090. The number of thioether (sulfide) groups is 1.